The molecule has 1 aromatic heterocycles. The van der Waals surface area contributed by atoms with Crippen LogP contribution in [0.4, 0.5) is 14.5 Å². The molecule has 7 heteroatoms. The second-order valence-corrected chi connectivity index (χ2v) is 4.63. The van der Waals surface area contributed by atoms with Crippen molar-refractivity contribution in [2.75, 3.05) is 11.9 Å². The van der Waals surface area contributed by atoms with Gasteiger partial charge < -0.3 is 22.1 Å². The van der Waals surface area contributed by atoms with Gasteiger partial charge >= 0.3 is 29.6 Å². The molecule has 0 amide bonds. The van der Waals surface area contributed by atoms with Crippen molar-refractivity contribution >= 4 is 25.0 Å². The van der Waals surface area contributed by atoms with Gasteiger partial charge in [0.1, 0.15) is 11.6 Å². The average Bonchev–Trinajstić information content (AvgIpc) is 3.20. The van der Waals surface area contributed by atoms with Gasteiger partial charge in [0.15, 0.2) is 0 Å². The summed E-state index contributed by atoms with van der Waals surface area (Å²) >= 11 is 0. The van der Waals surface area contributed by atoms with Gasteiger partial charge in [0.2, 0.25) is 0 Å². The Bertz CT molecular complexity index is 790. The molecule has 0 atom stereocenters. The standard InChI is InChI=1S/C8H8FN.C8H6FN.CN.CH4.B.Na/c2*9-7-3-1-2-6-4-5-10-8(6)7;1-2;;;/h1-3,10H,4-5H2;1-5,10H;;1H4;;/q;;-1;;;+1. The van der Waals surface area contributed by atoms with E-state index in [1.165, 1.54) is 12.1 Å². The molecular weight excluding hydrogens is 330 g/mol. The van der Waals surface area contributed by atoms with Gasteiger partial charge in [0.05, 0.1) is 11.2 Å². The van der Waals surface area contributed by atoms with Gasteiger partial charge in [0, 0.05) is 26.5 Å². The fourth-order valence-electron chi connectivity index (χ4n) is 2.34. The van der Waals surface area contributed by atoms with Crippen molar-refractivity contribution in [1.82, 2.24) is 4.98 Å². The van der Waals surface area contributed by atoms with Crippen LogP contribution in [0.3, 0.4) is 0 Å². The number of para-hydroxylation sites is 2. The molecule has 3 radical (unpaired) electrons. The summed E-state index contributed by atoms with van der Waals surface area (Å²) in [5.74, 6) is -0.322. The summed E-state index contributed by atoms with van der Waals surface area (Å²) in [6.45, 7) is 5.62. The van der Waals surface area contributed by atoms with Crippen LogP contribution in [0, 0.1) is 23.5 Å². The Morgan fingerprint density at radius 2 is 1.60 bits per heavy atom. The van der Waals surface area contributed by atoms with E-state index in [0.29, 0.717) is 11.2 Å². The first-order valence-corrected chi connectivity index (χ1v) is 6.71. The van der Waals surface area contributed by atoms with Gasteiger partial charge in [-0.3, -0.25) is 0 Å². The van der Waals surface area contributed by atoms with Crippen molar-refractivity contribution in [1.29, 1.82) is 5.26 Å². The van der Waals surface area contributed by atoms with Gasteiger partial charge in [-0.25, -0.2) is 8.78 Å². The first kappa shape index (κ1) is 25.4. The molecule has 1 aliphatic rings. The monoisotopic (exact) mass is 348 g/mol. The summed E-state index contributed by atoms with van der Waals surface area (Å²) in [7, 11) is 0. The molecule has 2 heterocycles. The molecule has 1 aliphatic heterocycles. The third kappa shape index (κ3) is 6.20. The Balaban J connectivity index is 0. The summed E-state index contributed by atoms with van der Waals surface area (Å²) in [6.07, 6.45) is 2.68. The molecule has 2 N–H and O–H groups in total. The van der Waals surface area contributed by atoms with Crippen molar-refractivity contribution in [2.24, 2.45) is 0 Å². The van der Waals surface area contributed by atoms with Crippen LogP contribution >= 0.6 is 0 Å². The van der Waals surface area contributed by atoms with Crippen LogP contribution < -0.4 is 34.9 Å². The number of H-pyrrole nitrogens is 1. The second-order valence-electron chi connectivity index (χ2n) is 4.63. The van der Waals surface area contributed by atoms with E-state index in [0.717, 1.165) is 23.9 Å². The van der Waals surface area contributed by atoms with Crippen LogP contribution in [0.1, 0.15) is 13.0 Å². The van der Waals surface area contributed by atoms with Crippen LogP contribution in [-0.4, -0.2) is 19.9 Å². The van der Waals surface area contributed by atoms with Gasteiger partial charge in [-0.1, -0.05) is 31.7 Å². The summed E-state index contributed by atoms with van der Waals surface area (Å²) in [5.41, 5.74) is 2.38. The molecule has 0 aliphatic carbocycles. The van der Waals surface area contributed by atoms with Crippen molar-refractivity contribution in [3.8, 4) is 0 Å². The van der Waals surface area contributed by atoms with Crippen molar-refractivity contribution < 1.29 is 38.3 Å². The third-order valence-electron chi connectivity index (χ3n) is 3.33. The molecule has 0 fully saturated rings. The quantitative estimate of drug-likeness (QED) is 0.477. The Hall–Kier alpha value is -1.81. The van der Waals surface area contributed by atoms with Gasteiger partial charge in [-0.2, -0.15) is 0 Å². The maximum atomic E-state index is 12.8. The van der Waals surface area contributed by atoms with E-state index in [1.807, 2.05) is 18.2 Å². The molecule has 25 heavy (non-hydrogen) atoms. The van der Waals surface area contributed by atoms with E-state index in [4.69, 9.17) is 11.8 Å². The number of aromatic amines is 1. The average molecular weight is 348 g/mol. The zero-order valence-electron chi connectivity index (χ0n) is 13.3. The molecule has 0 bridgehead atoms. The van der Waals surface area contributed by atoms with Gasteiger partial charge in [-0.15, -0.1) is 0 Å². The second kappa shape index (κ2) is 12.5. The van der Waals surface area contributed by atoms with Crippen molar-refractivity contribution in [3.05, 3.63) is 72.4 Å². The molecule has 2 aromatic carbocycles. The number of rotatable bonds is 0. The number of nitrogens with one attached hydrogen (secondary N) is 2. The van der Waals surface area contributed by atoms with E-state index in [-0.39, 0.29) is 57.0 Å². The fourth-order valence-corrected chi connectivity index (χ4v) is 2.34. The molecular formula is C18H18BF2N3Na. The van der Waals surface area contributed by atoms with E-state index in [9.17, 15) is 8.78 Å². The number of hydrogen-bond donors (Lipinski definition) is 2. The number of benzene rings is 2. The maximum absolute atomic E-state index is 12.8. The smallest absolute Gasteiger partial charge is 0.512 e. The number of nitrogens with zero attached hydrogens (tertiary/aromatic N) is 1. The Kier molecular flexibility index (Phi) is 12.8. The number of anilines is 1. The summed E-state index contributed by atoms with van der Waals surface area (Å²) in [6, 6.07) is 12.0. The van der Waals surface area contributed by atoms with Gasteiger partial charge in [-0.05, 0) is 30.2 Å². The molecule has 0 spiro atoms. The number of hydrogen-bond acceptors (Lipinski definition) is 2. The number of aromatic nitrogens is 1. The minimum atomic E-state index is -0.192. The van der Waals surface area contributed by atoms with Gasteiger partial charge in [0.25, 0.3) is 0 Å². The van der Waals surface area contributed by atoms with Crippen molar-refractivity contribution in [2.45, 2.75) is 13.8 Å². The van der Waals surface area contributed by atoms with E-state index in [1.54, 1.807) is 18.3 Å². The summed E-state index contributed by atoms with van der Waals surface area (Å²) < 4.78 is 25.6. The van der Waals surface area contributed by atoms with E-state index in [2.05, 4.69) is 10.3 Å². The topological polar surface area (TPSA) is 51.6 Å². The first-order valence-electron chi connectivity index (χ1n) is 6.71. The fraction of sp³-hybridized carbons (Fsp3) is 0.167. The Labute approximate surface area is 171 Å². The summed E-state index contributed by atoms with van der Waals surface area (Å²) in [5, 5.41) is 10.2. The van der Waals surface area contributed by atoms with Crippen molar-refractivity contribution in [3.63, 3.8) is 0 Å². The molecule has 0 saturated heterocycles. The Morgan fingerprint density at radius 1 is 0.960 bits per heavy atom. The number of halogens is 2. The molecule has 0 unspecified atom stereocenters. The largest absolute Gasteiger partial charge is 1.00 e. The predicted molar refractivity (Wildman–Crippen MR) is 94.3 cm³/mol. The minimum absolute atomic E-state index is 0. The minimum Gasteiger partial charge on any atom is -0.512 e. The molecule has 0 saturated carbocycles. The SMILES string of the molecule is C.Fc1cccc2c1NCC2.Fc1cccc2cc[nH]c12.[B].[C-]#N.[Na+]. The third-order valence-corrected chi connectivity index (χ3v) is 3.33. The van der Waals surface area contributed by atoms with Crippen LogP contribution in [0.2, 0.25) is 0 Å². The van der Waals surface area contributed by atoms with E-state index < -0.39 is 0 Å². The zero-order chi connectivity index (χ0) is 15.9. The number of fused-ring (bicyclic) bond motifs is 2. The molecule has 3 aromatic rings. The van der Waals surface area contributed by atoms with Crippen LogP contribution in [-0.2, 0) is 6.42 Å². The van der Waals surface area contributed by atoms with Crippen LogP contribution in [0.15, 0.2) is 48.7 Å². The predicted octanol–water partition coefficient (Wildman–Crippen LogP) is 1.46. The maximum Gasteiger partial charge on any atom is 1.00 e. The van der Waals surface area contributed by atoms with Crippen LogP contribution in [0.5, 0.6) is 0 Å². The Morgan fingerprint density at radius 3 is 2.24 bits per heavy atom. The zero-order valence-corrected chi connectivity index (χ0v) is 15.3. The summed E-state index contributed by atoms with van der Waals surface area (Å²) in [4.78, 5) is 2.81. The van der Waals surface area contributed by atoms with E-state index >= 15 is 0 Å². The van der Waals surface area contributed by atoms with Crippen LogP contribution in [0.25, 0.3) is 10.9 Å². The molecule has 3 nitrogen and oxygen atoms in total. The normalized spacial score (nSPS) is 10.1. The molecule has 4 rings (SSSR count). The molecule has 123 valence electrons. The first-order chi connectivity index (χ1) is 10.8.